The molecule has 0 aliphatic carbocycles. The molecule has 6 nitrogen and oxygen atoms in total. The van der Waals surface area contributed by atoms with Crippen molar-refractivity contribution in [3.05, 3.63) is 175 Å². The van der Waals surface area contributed by atoms with Gasteiger partial charge in [-0.1, -0.05) is 116 Å². The minimum Gasteiger partial charge on any atom is -0.309 e. The van der Waals surface area contributed by atoms with E-state index in [0.29, 0.717) is 23.0 Å². The lowest BCUT2D eigenvalue weighted by atomic mass is 10.1. The van der Waals surface area contributed by atoms with Crippen LogP contribution in [0.15, 0.2) is 164 Å². The highest BCUT2D eigenvalue weighted by Gasteiger charge is 2.21. The van der Waals surface area contributed by atoms with Gasteiger partial charge in [0.05, 0.1) is 33.7 Å². The lowest BCUT2D eigenvalue weighted by molar-refractivity contribution is 0.795. The third-order valence-electron chi connectivity index (χ3n) is 10.8. The number of rotatable bonds is 8. The third-order valence-corrected chi connectivity index (χ3v) is 10.8. The van der Waals surface area contributed by atoms with Crippen LogP contribution in [0.3, 0.4) is 0 Å². The van der Waals surface area contributed by atoms with E-state index in [0.717, 1.165) is 56.6 Å². The zero-order valence-electron chi connectivity index (χ0n) is 30.9. The quantitative estimate of drug-likeness (QED) is 0.157. The van der Waals surface area contributed by atoms with E-state index in [4.69, 9.17) is 15.0 Å². The summed E-state index contributed by atoms with van der Waals surface area (Å²) in [6.07, 6.45) is 3.40. The molecular formula is C50H36N6. The summed E-state index contributed by atoms with van der Waals surface area (Å²) in [5.41, 5.74) is 11.3. The van der Waals surface area contributed by atoms with Gasteiger partial charge in [0.25, 0.3) is 0 Å². The Bertz CT molecular complexity index is 3110. The SMILES string of the molecule is CCCCc1ccc(-c2nc(-c3ccccc3)nc(-c3cccc(-n4c5ccccc5c5c6c7ccccc7n(-c7ccc(C#N)cc7)c6ccc54)c3)n2)cc1. The zero-order valence-corrected chi connectivity index (χ0v) is 30.9. The summed E-state index contributed by atoms with van der Waals surface area (Å²) in [6.45, 7) is 2.22. The molecule has 0 unspecified atom stereocenters. The number of nitriles is 1. The van der Waals surface area contributed by atoms with Gasteiger partial charge in [-0.15, -0.1) is 0 Å². The molecule has 0 saturated carbocycles. The smallest absolute Gasteiger partial charge is 0.164 e. The van der Waals surface area contributed by atoms with Gasteiger partial charge in [0.15, 0.2) is 17.5 Å². The Morgan fingerprint density at radius 2 is 1.02 bits per heavy atom. The van der Waals surface area contributed by atoms with E-state index in [9.17, 15) is 5.26 Å². The first-order chi connectivity index (χ1) is 27.7. The Morgan fingerprint density at radius 1 is 0.482 bits per heavy atom. The van der Waals surface area contributed by atoms with Gasteiger partial charge < -0.3 is 9.13 Å². The molecule has 0 spiro atoms. The van der Waals surface area contributed by atoms with Gasteiger partial charge in [-0.3, -0.25) is 0 Å². The number of aromatic nitrogens is 5. The maximum atomic E-state index is 9.48. The van der Waals surface area contributed by atoms with Gasteiger partial charge in [0.1, 0.15) is 0 Å². The maximum Gasteiger partial charge on any atom is 0.164 e. The molecule has 10 aromatic rings. The summed E-state index contributed by atoms with van der Waals surface area (Å²) in [4.78, 5) is 15.2. The van der Waals surface area contributed by atoms with Crippen LogP contribution in [0.5, 0.6) is 0 Å². The Balaban J connectivity index is 1.16. The maximum absolute atomic E-state index is 9.48. The van der Waals surface area contributed by atoms with E-state index in [1.807, 2.05) is 54.6 Å². The van der Waals surface area contributed by atoms with Crippen LogP contribution in [-0.4, -0.2) is 24.1 Å². The second-order valence-electron chi connectivity index (χ2n) is 14.2. The topological polar surface area (TPSA) is 72.3 Å². The van der Waals surface area contributed by atoms with Gasteiger partial charge in [-0.25, -0.2) is 15.0 Å². The van der Waals surface area contributed by atoms with Crippen molar-refractivity contribution in [2.75, 3.05) is 0 Å². The average molecular weight is 721 g/mol. The third kappa shape index (κ3) is 5.61. The minimum absolute atomic E-state index is 0.624. The molecule has 0 atom stereocenters. The number of unbranched alkanes of at least 4 members (excludes halogenated alkanes) is 1. The van der Waals surface area contributed by atoms with Crippen LogP contribution in [-0.2, 0) is 6.42 Å². The molecule has 0 radical (unpaired) electrons. The molecule has 3 heterocycles. The van der Waals surface area contributed by atoms with E-state index in [-0.39, 0.29) is 0 Å². The molecule has 0 saturated heterocycles. The summed E-state index contributed by atoms with van der Waals surface area (Å²) in [6, 6.07) is 59.1. The van der Waals surface area contributed by atoms with E-state index < -0.39 is 0 Å². The molecule has 266 valence electrons. The number of fused-ring (bicyclic) bond motifs is 7. The summed E-state index contributed by atoms with van der Waals surface area (Å²) >= 11 is 0. The molecule has 0 N–H and O–H groups in total. The van der Waals surface area contributed by atoms with E-state index >= 15 is 0 Å². The average Bonchev–Trinajstić information content (AvgIpc) is 3.79. The summed E-state index contributed by atoms with van der Waals surface area (Å²) in [7, 11) is 0. The molecule has 56 heavy (non-hydrogen) atoms. The molecule has 0 aliphatic rings. The number of hydrogen-bond acceptors (Lipinski definition) is 4. The second kappa shape index (κ2) is 13.8. The van der Waals surface area contributed by atoms with Crippen molar-refractivity contribution in [3.8, 4) is 51.6 Å². The lowest BCUT2D eigenvalue weighted by Crippen LogP contribution is -2.01. The Morgan fingerprint density at radius 3 is 1.62 bits per heavy atom. The van der Waals surface area contributed by atoms with Crippen LogP contribution < -0.4 is 0 Å². The number of hydrogen-bond donors (Lipinski definition) is 0. The normalized spacial score (nSPS) is 11.5. The summed E-state index contributed by atoms with van der Waals surface area (Å²) in [5, 5.41) is 14.2. The largest absolute Gasteiger partial charge is 0.309 e. The molecule has 10 rings (SSSR count). The van der Waals surface area contributed by atoms with Crippen LogP contribution in [0.2, 0.25) is 0 Å². The number of nitrogens with zero attached hydrogens (tertiary/aromatic N) is 6. The van der Waals surface area contributed by atoms with E-state index in [1.165, 1.54) is 39.9 Å². The van der Waals surface area contributed by atoms with Crippen LogP contribution >= 0.6 is 0 Å². The zero-order chi connectivity index (χ0) is 37.6. The Kier molecular flexibility index (Phi) is 8.19. The standard InChI is InChI=1S/C50H36N6/c1-2-3-12-33-21-25-36(26-22-33)49-52-48(35-13-5-4-6-14-35)53-50(54-49)37-15-11-16-39(31-37)56-43-20-10-8-18-41(43)47-45(56)30-29-44-46(47)40-17-7-9-19-42(40)55(44)38-27-23-34(32-51)24-28-38/h4-11,13-31H,2-3,12H2,1H3. The second-order valence-corrected chi connectivity index (χ2v) is 14.2. The highest BCUT2D eigenvalue weighted by atomic mass is 15.0. The van der Waals surface area contributed by atoms with Gasteiger partial charge in [-0.2, -0.15) is 5.26 Å². The van der Waals surface area contributed by atoms with Crippen molar-refractivity contribution in [1.29, 1.82) is 5.26 Å². The molecule has 0 fully saturated rings. The molecule has 0 aliphatic heterocycles. The van der Waals surface area contributed by atoms with Gasteiger partial charge >= 0.3 is 0 Å². The van der Waals surface area contributed by atoms with Gasteiger partial charge in [0.2, 0.25) is 0 Å². The lowest BCUT2D eigenvalue weighted by Gasteiger charge is -2.12. The fourth-order valence-corrected chi connectivity index (χ4v) is 8.10. The van der Waals surface area contributed by atoms with Crippen molar-refractivity contribution in [3.63, 3.8) is 0 Å². The highest BCUT2D eigenvalue weighted by molar-refractivity contribution is 6.28. The van der Waals surface area contributed by atoms with Crippen molar-refractivity contribution < 1.29 is 0 Å². The molecule has 3 aromatic heterocycles. The molecule has 6 heteroatoms. The number of benzene rings is 7. The summed E-state index contributed by atoms with van der Waals surface area (Å²) in [5.74, 6) is 1.92. The van der Waals surface area contributed by atoms with Crippen LogP contribution in [0.25, 0.3) is 89.2 Å². The Labute approximate surface area is 324 Å². The van der Waals surface area contributed by atoms with Crippen molar-refractivity contribution >= 4 is 43.6 Å². The monoisotopic (exact) mass is 720 g/mol. The molecule has 0 bridgehead atoms. The predicted octanol–water partition coefficient (Wildman–Crippen LogP) is 12.3. The summed E-state index contributed by atoms with van der Waals surface area (Å²) < 4.78 is 4.66. The number of para-hydroxylation sites is 2. The molecule has 0 amide bonds. The first kappa shape index (κ1) is 33.2. The first-order valence-electron chi connectivity index (χ1n) is 19.2. The van der Waals surface area contributed by atoms with Crippen molar-refractivity contribution in [1.82, 2.24) is 24.1 Å². The minimum atomic E-state index is 0.624. The van der Waals surface area contributed by atoms with Crippen LogP contribution in [0, 0.1) is 11.3 Å². The fourth-order valence-electron chi connectivity index (χ4n) is 8.10. The van der Waals surface area contributed by atoms with Gasteiger partial charge in [-0.05, 0) is 79.1 Å². The Hall–Kier alpha value is -7.36. The first-order valence-corrected chi connectivity index (χ1v) is 19.2. The van der Waals surface area contributed by atoms with Crippen LogP contribution in [0.4, 0.5) is 0 Å². The fraction of sp³-hybridized carbons (Fsp3) is 0.0800. The highest BCUT2D eigenvalue weighted by Crippen LogP contribution is 2.42. The van der Waals surface area contributed by atoms with Crippen molar-refractivity contribution in [2.24, 2.45) is 0 Å². The molecular weight excluding hydrogens is 685 g/mol. The van der Waals surface area contributed by atoms with Gasteiger partial charge in [0, 0.05) is 49.6 Å². The van der Waals surface area contributed by atoms with E-state index in [1.54, 1.807) is 0 Å². The predicted molar refractivity (Wildman–Crippen MR) is 228 cm³/mol. The molecule has 7 aromatic carbocycles. The van der Waals surface area contributed by atoms with Crippen molar-refractivity contribution in [2.45, 2.75) is 26.2 Å². The van der Waals surface area contributed by atoms with Crippen LogP contribution in [0.1, 0.15) is 30.9 Å². The number of aryl methyl sites for hydroxylation is 1. The van der Waals surface area contributed by atoms with E-state index in [2.05, 4.69) is 131 Å².